The molecule has 0 aliphatic heterocycles. The lowest BCUT2D eigenvalue weighted by Gasteiger charge is -2.09. The Kier molecular flexibility index (Phi) is 4.30. The van der Waals surface area contributed by atoms with E-state index in [1.54, 1.807) is 24.3 Å². The minimum absolute atomic E-state index is 0.0360. The molecule has 2 aromatic heterocycles. The lowest BCUT2D eigenvalue weighted by molar-refractivity contribution is 0.562. The van der Waals surface area contributed by atoms with Crippen LogP contribution in [0.25, 0.3) is 16.7 Å². The van der Waals surface area contributed by atoms with Gasteiger partial charge in [-0.3, -0.25) is 9.78 Å². The third-order valence-electron chi connectivity index (χ3n) is 4.04. The largest absolute Gasteiger partial charge is 0.334 e. The average molecular weight is 375 g/mol. The lowest BCUT2D eigenvalue weighted by Crippen LogP contribution is -2.35. The number of benzene rings is 2. The fourth-order valence-electron chi connectivity index (χ4n) is 2.77. The number of aromatic amines is 1. The fraction of sp³-hybridized carbons (Fsp3) is 0. The number of halogens is 2. The predicted octanol–water partition coefficient (Wildman–Crippen LogP) is 2.75. The van der Waals surface area contributed by atoms with Gasteiger partial charge in [-0.1, -0.05) is 30.0 Å². The van der Waals surface area contributed by atoms with Gasteiger partial charge in [-0.25, -0.2) is 23.1 Å². The van der Waals surface area contributed by atoms with Crippen molar-refractivity contribution in [1.82, 2.24) is 14.5 Å². The van der Waals surface area contributed by atoms with Crippen molar-refractivity contribution < 1.29 is 8.78 Å². The molecule has 4 aromatic rings. The monoisotopic (exact) mass is 375 g/mol. The molecule has 2 aromatic carbocycles. The molecule has 0 bridgehead atoms. The Hall–Kier alpha value is -4.05. The van der Waals surface area contributed by atoms with Crippen LogP contribution < -0.4 is 11.2 Å². The second-order valence-electron chi connectivity index (χ2n) is 5.87. The first-order valence-corrected chi connectivity index (χ1v) is 8.21. The first-order valence-electron chi connectivity index (χ1n) is 8.21. The van der Waals surface area contributed by atoms with Gasteiger partial charge in [0.15, 0.2) is 11.6 Å². The van der Waals surface area contributed by atoms with Crippen LogP contribution in [0.3, 0.4) is 0 Å². The molecule has 0 aliphatic rings. The molecule has 4 rings (SSSR count). The summed E-state index contributed by atoms with van der Waals surface area (Å²) in [6.07, 6.45) is 1.39. The molecule has 0 amide bonds. The summed E-state index contributed by atoms with van der Waals surface area (Å²) in [6.45, 7) is 0. The SMILES string of the molecule is O=c1[nH]c2ncccc2c(=O)n1-c1c(F)cc(C#Cc2ccccc2)cc1F. The number of nitrogens with one attached hydrogen (secondary N) is 1. The third kappa shape index (κ3) is 3.08. The highest BCUT2D eigenvalue weighted by molar-refractivity contribution is 5.73. The van der Waals surface area contributed by atoms with Crippen LogP contribution in [-0.4, -0.2) is 14.5 Å². The molecular formula is C21H11F2N3O2. The Morgan fingerprint density at radius 2 is 1.57 bits per heavy atom. The highest BCUT2D eigenvalue weighted by atomic mass is 19.1. The van der Waals surface area contributed by atoms with Crippen LogP contribution in [0.1, 0.15) is 11.1 Å². The van der Waals surface area contributed by atoms with Gasteiger partial charge < -0.3 is 0 Å². The van der Waals surface area contributed by atoms with Crippen LogP contribution in [0.15, 0.2) is 70.4 Å². The Morgan fingerprint density at radius 3 is 2.29 bits per heavy atom. The maximum absolute atomic E-state index is 14.6. The number of aromatic nitrogens is 3. The molecule has 136 valence electrons. The van der Waals surface area contributed by atoms with E-state index in [0.717, 1.165) is 12.1 Å². The molecule has 0 saturated carbocycles. The minimum Gasteiger partial charge on any atom is -0.291 e. The van der Waals surface area contributed by atoms with E-state index in [2.05, 4.69) is 21.8 Å². The fourth-order valence-corrected chi connectivity index (χ4v) is 2.77. The number of H-pyrrole nitrogens is 1. The van der Waals surface area contributed by atoms with E-state index >= 15 is 0 Å². The smallest absolute Gasteiger partial charge is 0.291 e. The first kappa shape index (κ1) is 17.4. The molecular weight excluding hydrogens is 364 g/mol. The second-order valence-corrected chi connectivity index (χ2v) is 5.87. The normalized spacial score (nSPS) is 10.5. The summed E-state index contributed by atoms with van der Waals surface area (Å²) in [5.74, 6) is 3.31. The van der Waals surface area contributed by atoms with E-state index in [1.165, 1.54) is 18.3 Å². The van der Waals surface area contributed by atoms with Crippen molar-refractivity contribution in [2.24, 2.45) is 0 Å². The molecule has 5 nitrogen and oxygen atoms in total. The van der Waals surface area contributed by atoms with Crippen LogP contribution in [0, 0.1) is 23.5 Å². The van der Waals surface area contributed by atoms with E-state index in [1.807, 2.05) is 6.07 Å². The Morgan fingerprint density at radius 1 is 0.893 bits per heavy atom. The van der Waals surface area contributed by atoms with Crippen LogP contribution in [0.4, 0.5) is 8.78 Å². The third-order valence-corrected chi connectivity index (χ3v) is 4.04. The maximum atomic E-state index is 14.6. The molecule has 0 spiro atoms. The van der Waals surface area contributed by atoms with Crippen molar-refractivity contribution in [3.63, 3.8) is 0 Å². The summed E-state index contributed by atoms with van der Waals surface area (Å²) in [7, 11) is 0. The molecule has 2 heterocycles. The molecule has 7 heteroatoms. The standard InChI is InChI=1S/C21H11F2N3O2/c22-16-11-14(9-8-13-5-2-1-3-6-13)12-17(23)18(16)26-20(27)15-7-4-10-24-19(15)25-21(26)28/h1-7,10-12H,(H,24,25,28). The van der Waals surface area contributed by atoms with Crippen molar-refractivity contribution in [3.8, 4) is 17.5 Å². The number of hydrogen-bond acceptors (Lipinski definition) is 3. The molecule has 0 aliphatic carbocycles. The van der Waals surface area contributed by atoms with Gasteiger partial charge in [0, 0.05) is 17.3 Å². The van der Waals surface area contributed by atoms with Gasteiger partial charge in [-0.05, 0) is 36.4 Å². The summed E-state index contributed by atoms with van der Waals surface area (Å²) >= 11 is 0. The molecule has 1 N–H and O–H groups in total. The van der Waals surface area contributed by atoms with Crippen molar-refractivity contribution in [1.29, 1.82) is 0 Å². The first-order chi connectivity index (χ1) is 13.5. The van der Waals surface area contributed by atoms with Crippen molar-refractivity contribution >= 4 is 11.0 Å². The van der Waals surface area contributed by atoms with E-state index in [0.29, 0.717) is 10.1 Å². The number of nitrogens with zero attached hydrogens (tertiary/aromatic N) is 2. The van der Waals surface area contributed by atoms with Crippen molar-refractivity contribution in [2.75, 3.05) is 0 Å². The average Bonchev–Trinajstić information content (AvgIpc) is 2.69. The summed E-state index contributed by atoms with van der Waals surface area (Å²) in [5.41, 5.74) is -1.82. The summed E-state index contributed by atoms with van der Waals surface area (Å²) in [4.78, 5) is 31.1. The number of fused-ring (bicyclic) bond motifs is 1. The highest BCUT2D eigenvalue weighted by Crippen LogP contribution is 2.18. The molecule has 0 atom stereocenters. The number of hydrogen-bond donors (Lipinski definition) is 1. The second kappa shape index (κ2) is 6.93. The van der Waals surface area contributed by atoms with Crippen LogP contribution in [0.5, 0.6) is 0 Å². The van der Waals surface area contributed by atoms with E-state index < -0.39 is 28.6 Å². The maximum Gasteiger partial charge on any atom is 0.334 e. The highest BCUT2D eigenvalue weighted by Gasteiger charge is 2.18. The quantitative estimate of drug-likeness (QED) is 0.520. The van der Waals surface area contributed by atoms with E-state index in [-0.39, 0.29) is 16.6 Å². The summed E-state index contributed by atoms with van der Waals surface area (Å²) < 4.78 is 29.7. The van der Waals surface area contributed by atoms with Crippen LogP contribution >= 0.6 is 0 Å². The Bertz CT molecular complexity index is 1360. The zero-order valence-electron chi connectivity index (χ0n) is 14.2. The number of pyridine rings is 1. The van der Waals surface area contributed by atoms with Gasteiger partial charge >= 0.3 is 5.69 Å². The van der Waals surface area contributed by atoms with Gasteiger partial charge in [-0.15, -0.1) is 0 Å². The molecule has 28 heavy (non-hydrogen) atoms. The van der Waals surface area contributed by atoms with E-state index in [9.17, 15) is 18.4 Å². The Balaban J connectivity index is 1.87. The van der Waals surface area contributed by atoms with E-state index in [4.69, 9.17) is 0 Å². The van der Waals surface area contributed by atoms with Gasteiger partial charge in [0.25, 0.3) is 5.56 Å². The zero-order chi connectivity index (χ0) is 19.7. The van der Waals surface area contributed by atoms with Gasteiger partial charge in [0.1, 0.15) is 11.3 Å². The predicted molar refractivity (Wildman–Crippen MR) is 100 cm³/mol. The topological polar surface area (TPSA) is 67.8 Å². The molecule has 0 radical (unpaired) electrons. The van der Waals surface area contributed by atoms with Crippen molar-refractivity contribution in [3.05, 3.63) is 104 Å². The van der Waals surface area contributed by atoms with Gasteiger partial charge in [0.05, 0.1) is 5.39 Å². The summed E-state index contributed by atoms with van der Waals surface area (Å²) in [6, 6.07) is 13.8. The van der Waals surface area contributed by atoms with Gasteiger partial charge in [-0.2, -0.15) is 0 Å². The van der Waals surface area contributed by atoms with Crippen molar-refractivity contribution in [2.45, 2.75) is 0 Å². The Labute approximate surface area is 156 Å². The lowest BCUT2D eigenvalue weighted by atomic mass is 10.1. The van der Waals surface area contributed by atoms with Crippen LogP contribution in [0.2, 0.25) is 0 Å². The molecule has 0 saturated heterocycles. The molecule has 0 unspecified atom stereocenters. The molecule has 0 fully saturated rings. The van der Waals surface area contributed by atoms with Crippen LogP contribution in [-0.2, 0) is 0 Å². The summed E-state index contributed by atoms with van der Waals surface area (Å²) in [5, 5.41) is 0.0360. The number of rotatable bonds is 1. The van der Waals surface area contributed by atoms with Gasteiger partial charge in [0.2, 0.25) is 0 Å². The minimum atomic E-state index is -1.08. The zero-order valence-corrected chi connectivity index (χ0v) is 14.2.